The van der Waals surface area contributed by atoms with Crippen LogP contribution in [0.2, 0.25) is 0 Å². The summed E-state index contributed by atoms with van der Waals surface area (Å²) in [5.74, 6) is 0.648. The molecule has 0 bridgehead atoms. The number of carbonyl (C=O) groups excluding carboxylic acids is 2. The van der Waals surface area contributed by atoms with E-state index in [-0.39, 0.29) is 25.1 Å². The largest absolute Gasteiger partial charge is 0.454 e. The number of amides is 1. The summed E-state index contributed by atoms with van der Waals surface area (Å²) in [7, 11) is 0. The first-order chi connectivity index (χ1) is 14.6. The number of ether oxygens (including phenoxy) is 3. The Hall–Kier alpha value is -3.48. The first kappa shape index (κ1) is 19.8. The highest BCUT2D eigenvalue weighted by molar-refractivity contribution is 5.84. The highest BCUT2D eigenvalue weighted by Gasteiger charge is 2.18. The van der Waals surface area contributed by atoms with Gasteiger partial charge < -0.3 is 24.5 Å². The van der Waals surface area contributed by atoms with Crippen molar-refractivity contribution in [2.75, 3.05) is 6.79 Å². The lowest BCUT2D eigenvalue weighted by Gasteiger charge is -2.13. The average molecular weight is 408 g/mol. The molecule has 0 radical (unpaired) electrons. The van der Waals surface area contributed by atoms with E-state index in [1.54, 1.807) is 13.0 Å². The smallest absolute Gasteiger partial charge is 0.306 e. The lowest BCUT2D eigenvalue weighted by atomic mass is 10.1. The maximum Gasteiger partial charge on any atom is 0.306 e. The van der Waals surface area contributed by atoms with Crippen LogP contribution in [0.15, 0.2) is 48.7 Å². The summed E-state index contributed by atoms with van der Waals surface area (Å²) in [6.07, 6.45) is 2.82. The van der Waals surface area contributed by atoms with Gasteiger partial charge in [0.05, 0.1) is 0 Å². The van der Waals surface area contributed by atoms with E-state index in [0.717, 1.165) is 17.5 Å². The van der Waals surface area contributed by atoms with Crippen LogP contribution in [-0.2, 0) is 27.3 Å². The van der Waals surface area contributed by atoms with Crippen molar-refractivity contribution in [3.8, 4) is 11.5 Å². The number of benzene rings is 2. The lowest BCUT2D eigenvalue weighted by Crippen LogP contribution is -2.35. The van der Waals surface area contributed by atoms with Crippen LogP contribution in [-0.4, -0.2) is 29.8 Å². The van der Waals surface area contributed by atoms with Gasteiger partial charge in [-0.05, 0) is 49.1 Å². The number of aromatic nitrogens is 1. The first-order valence-electron chi connectivity index (χ1n) is 10.0. The van der Waals surface area contributed by atoms with Gasteiger partial charge in [-0.25, -0.2) is 0 Å². The van der Waals surface area contributed by atoms with Crippen molar-refractivity contribution in [2.24, 2.45) is 0 Å². The Balaban J connectivity index is 1.19. The van der Waals surface area contributed by atoms with Gasteiger partial charge in [-0.2, -0.15) is 0 Å². The fraction of sp³-hybridized carbons (Fsp3) is 0.304. The zero-order valence-corrected chi connectivity index (χ0v) is 16.8. The Morgan fingerprint density at radius 3 is 2.90 bits per heavy atom. The molecule has 1 aliphatic heterocycles. The molecule has 7 nitrogen and oxygen atoms in total. The highest BCUT2D eigenvalue weighted by atomic mass is 16.7. The predicted octanol–water partition coefficient (Wildman–Crippen LogP) is 3.47. The SMILES string of the molecule is C[C@H](OC(=O)CCCc1c[nH]c2ccccc12)C(=O)NCc1ccc2c(c1)OCO2. The molecule has 0 fully saturated rings. The van der Waals surface area contributed by atoms with Crippen LogP contribution in [0.1, 0.15) is 30.9 Å². The fourth-order valence-corrected chi connectivity index (χ4v) is 3.46. The number of esters is 1. The second-order valence-corrected chi connectivity index (χ2v) is 7.25. The van der Waals surface area contributed by atoms with Crippen LogP contribution >= 0.6 is 0 Å². The molecule has 3 aromatic rings. The quantitative estimate of drug-likeness (QED) is 0.557. The maximum absolute atomic E-state index is 12.2. The first-order valence-corrected chi connectivity index (χ1v) is 10.0. The van der Waals surface area contributed by atoms with Gasteiger partial charge in [-0.15, -0.1) is 0 Å². The van der Waals surface area contributed by atoms with E-state index >= 15 is 0 Å². The van der Waals surface area contributed by atoms with Crippen LogP contribution in [0.4, 0.5) is 0 Å². The van der Waals surface area contributed by atoms with Crippen LogP contribution < -0.4 is 14.8 Å². The molecule has 0 aliphatic carbocycles. The van der Waals surface area contributed by atoms with Crippen molar-refractivity contribution < 1.29 is 23.8 Å². The summed E-state index contributed by atoms with van der Waals surface area (Å²) < 4.78 is 15.9. The molecular weight excluding hydrogens is 384 g/mol. The molecule has 1 aromatic heterocycles. The fourth-order valence-electron chi connectivity index (χ4n) is 3.46. The van der Waals surface area contributed by atoms with Gasteiger partial charge in [0.25, 0.3) is 5.91 Å². The number of hydrogen-bond acceptors (Lipinski definition) is 5. The highest BCUT2D eigenvalue weighted by Crippen LogP contribution is 2.32. The number of rotatable bonds is 8. The summed E-state index contributed by atoms with van der Waals surface area (Å²) >= 11 is 0. The van der Waals surface area contributed by atoms with Crippen LogP contribution in [0.25, 0.3) is 10.9 Å². The van der Waals surface area contributed by atoms with Crippen molar-refractivity contribution >= 4 is 22.8 Å². The van der Waals surface area contributed by atoms with E-state index in [0.29, 0.717) is 24.5 Å². The minimum absolute atomic E-state index is 0.207. The van der Waals surface area contributed by atoms with E-state index in [9.17, 15) is 9.59 Å². The number of para-hydroxylation sites is 1. The van der Waals surface area contributed by atoms with Gasteiger partial charge in [-0.1, -0.05) is 24.3 Å². The molecule has 1 atom stereocenters. The van der Waals surface area contributed by atoms with E-state index in [4.69, 9.17) is 14.2 Å². The van der Waals surface area contributed by atoms with Gasteiger partial charge in [0, 0.05) is 30.1 Å². The number of nitrogens with one attached hydrogen (secondary N) is 2. The third-order valence-electron chi connectivity index (χ3n) is 5.08. The van der Waals surface area contributed by atoms with Crippen molar-refractivity contribution in [1.29, 1.82) is 0 Å². The van der Waals surface area contributed by atoms with Gasteiger partial charge >= 0.3 is 5.97 Å². The van der Waals surface area contributed by atoms with E-state index in [2.05, 4.69) is 16.4 Å². The zero-order chi connectivity index (χ0) is 20.9. The Labute approximate surface area is 174 Å². The molecule has 0 saturated carbocycles. The molecule has 0 saturated heterocycles. The predicted molar refractivity (Wildman–Crippen MR) is 111 cm³/mol. The lowest BCUT2D eigenvalue weighted by molar-refractivity contribution is -0.154. The topological polar surface area (TPSA) is 89.7 Å². The second-order valence-electron chi connectivity index (χ2n) is 7.25. The van der Waals surface area contributed by atoms with Crippen molar-refractivity contribution in [1.82, 2.24) is 10.3 Å². The Morgan fingerprint density at radius 2 is 2.00 bits per heavy atom. The van der Waals surface area contributed by atoms with E-state index in [1.807, 2.05) is 36.5 Å². The summed E-state index contributed by atoms with van der Waals surface area (Å²) in [5, 5.41) is 3.95. The molecular formula is C23H24N2O5. The average Bonchev–Trinajstić information content (AvgIpc) is 3.38. The molecule has 2 N–H and O–H groups in total. The summed E-state index contributed by atoms with van der Waals surface area (Å²) in [5.41, 5.74) is 3.14. The van der Waals surface area contributed by atoms with Crippen LogP contribution in [0.5, 0.6) is 11.5 Å². The van der Waals surface area contributed by atoms with Crippen molar-refractivity contribution in [3.63, 3.8) is 0 Å². The number of aromatic amines is 1. The number of aryl methyl sites for hydroxylation is 1. The summed E-state index contributed by atoms with van der Waals surface area (Å²) in [6.45, 7) is 2.10. The minimum Gasteiger partial charge on any atom is -0.454 e. The molecule has 2 heterocycles. The van der Waals surface area contributed by atoms with Gasteiger partial charge in [0.15, 0.2) is 17.6 Å². The normalized spacial score (nSPS) is 13.2. The number of fused-ring (bicyclic) bond motifs is 2. The zero-order valence-electron chi connectivity index (χ0n) is 16.8. The molecule has 30 heavy (non-hydrogen) atoms. The Morgan fingerprint density at radius 1 is 1.17 bits per heavy atom. The summed E-state index contributed by atoms with van der Waals surface area (Å²) in [6, 6.07) is 13.6. The maximum atomic E-state index is 12.2. The molecule has 1 aliphatic rings. The second kappa shape index (κ2) is 8.90. The molecule has 0 spiro atoms. The van der Waals surface area contributed by atoms with E-state index < -0.39 is 6.10 Å². The molecule has 2 aromatic carbocycles. The van der Waals surface area contributed by atoms with Crippen LogP contribution in [0, 0.1) is 0 Å². The molecule has 7 heteroatoms. The van der Waals surface area contributed by atoms with Crippen LogP contribution in [0.3, 0.4) is 0 Å². The Kier molecular flexibility index (Phi) is 5.88. The number of carbonyl (C=O) groups is 2. The van der Waals surface area contributed by atoms with Crippen molar-refractivity contribution in [3.05, 3.63) is 59.8 Å². The Bertz CT molecular complexity index is 1060. The standard InChI is InChI=1S/C23H24N2O5/c1-15(23(27)25-12-16-9-10-20-21(11-16)29-14-28-20)30-22(26)8-4-5-17-13-24-19-7-3-2-6-18(17)19/h2-3,6-7,9-11,13,15,24H,4-5,8,12,14H2,1H3,(H,25,27)/t15-/m0/s1. The summed E-state index contributed by atoms with van der Waals surface area (Å²) in [4.78, 5) is 27.6. The molecule has 4 rings (SSSR count). The third-order valence-corrected chi connectivity index (χ3v) is 5.08. The van der Waals surface area contributed by atoms with Gasteiger partial charge in [0.1, 0.15) is 0 Å². The molecule has 1 amide bonds. The van der Waals surface area contributed by atoms with Gasteiger partial charge in [-0.3, -0.25) is 9.59 Å². The number of hydrogen-bond donors (Lipinski definition) is 2. The molecule has 156 valence electrons. The van der Waals surface area contributed by atoms with Gasteiger partial charge in [0.2, 0.25) is 6.79 Å². The van der Waals surface area contributed by atoms with Crippen molar-refractivity contribution in [2.45, 2.75) is 38.8 Å². The molecule has 0 unspecified atom stereocenters. The monoisotopic (exact) mass is 408 g/mol. The number of H-pyrrole nitrogens is 1. The van der Waals surface area contributed by atoms with E-state index in [1.165, 1.54) is 10.9 Å². The minimum atomic E-state index is -0.848. The third kappa shape index (κ3) is 4.56.